The third-order valence-electron chi connectivity index (χ3n) is 3.43. The van der Waals surface area contributed by atoms with Gasteiger partial charge in [-0.2, -0.15) is 0 Å². The maximum Gasteiger partial charge on any atom is 0.0346 e. The van der Waals surface area contributed by atoms with Crippen molar-refractivity contribution in [2.45, 2.75) is 32.7 Å². The Balaban J connectivity index is 2.41. The van der Waals surface area contributed by atoms with E-state index in [2.05, 4.69) is 43.1 Å². The lowest BCUT2D eigenvalue weighted by molar-refractivity contribution is 0.436. The highest BCUT2D eigenvalue weighted by Gasteiger charge is 2.16. The van der Waals surface area contributed by atoms with Crippen LogP contribution in [-0.2, 0) is 0 Å². The molecular formula is C15H20N2. The zero-order valence-electron chi connectivity index (χ0n) is 10.6. The number of hydrogen-bond acceptors (Lipinski definition) is 2. The summed E-state index contributed by atoms with van der Waals surface area (Å²) in [6, 6.07) is 8.46. The molecule has 1 aromatic heterocycles. The van der Waals surface area contributed by atoms with Crippen molar-refractivity contribution in [2.24, 2.45) is 11.7 Å². The van der Waals surface area contributed by atoms with Crippen LogP contribution in [-0.4, -0.2) is 4.98 Å². The van der Waals surface area contributed by atoms with Gasteiger partial charge in [0.2, 0.25) is 0 Å². The van der Waals surface area contributed by atoms with Gasteiger partial charge in [-0.05, 0) is 29.4 Å². The molecule has 1 heterocycles. The Bertz CT molecular complexity index is 488. The van der Waals surface area contributed by atoms with Crippen LogP contribution in [0.4, 0.5) is 0 Å². The summed E-state index contributed by atoms with van der Waals surface area (Å²) >= 11 is 0. The molecule has 0 spiro atoms. The summed E-state index contributed by atoms with van der Waals surface area (Å²) in [6.07, 6.45) is 6.09. The first-order valence-corrected chi connectivity index (χ1v) is 6.32. The van der Waals surface area contributed by atoms with Gasteiger partial charge in [0.05, 0.1) is 0 Å². The predicted molar refractivity (Wildman–Crippen MR) is 72.7 cm³/mol. The molecule has 2 rings (SSSR count). The van der Waals surface area contributed by atoms with Crippen molar-refractivity contribution >= 4 is 10.8 Å². The van der Waals surface area contributed by atoms with Gasteiger partial charge in [-0.3, -0.25) is 4.98 Å². The molecule has 0 aliphatic carbocycles. The van der Waals surface area contributed by atoms with Crippen LogP contribution in [0.1, 0.15) is 38.3 Å². The van der Waals surface area contributed by atoms with Crippen LogP contribution in [0, 0.1) is 5.92 Å². The molecule has 0 radical (unpaired) electrons. The third-order valence-corrected chi connectivity index (χ3v) is 3.43. The van der Waals surface area contributed by atoms with Gasteiger partial charge in [-0.1, -0.05) is 38.5 Å². The Hall–Kier alpha value is -1.41. The average Bonchev–Trinajstić information content (AvgIpc) is 2.37. The van der Waals surface area contributed by atoms with Crippen LogP contribution >= 0.6 is 0 Å². The molecule has 17 heavy (non-hydrogen) atoms. The number of nitrogens with two attached hydrogens (primary N) is 1. The Kier molecular flexibility index (Phi) is 3.75. The molecule has 2 N–H and O–H groups in total. The second-order valence-electron chi connectivity index (χ2n) is 4.74. The Morgan fingerprint density at radius 2 is 2.12 bits per heavy atom. The van der Waals surface area contributed by atoms with Gasteiger partial charge in [0.25, 0.3) is 0 Å². The fourth-order valence-corrected chi connectivity index (χ4v) is 2.38. The highest BCUT2D eigenvalue weighted by Crippen LogP contribution is 2.28. The SMILES string of the molecule is CCCC(C)C(N)c1cccc2cnccc12. The summed E-state index contributed by atoms with van der Waals surface area (Å²) in [7, 11) is 0. The van der Waals surface area contributed by atoms with E-state index in [0.717, 1.165) is 0 Å². The van der Waals surface area contributed by atoms with E-state index in [1.54, 1.807) is 0 Å². The topological polar surface area (TPSA) is 38.9 Å². The van der Waals surface area contributed by atoms with E-state index in [4.69, 9.17) is 5.73 Å². The fraction of sp³-hybridized carbons (Fsp3) is 0.400. The largest absolute Gasteiger partial charge is 0.324 e. The van der Waals surface area contributed by atoms with Crippen LogP contribution in [0.15, 0.2) is 36.7 Å². The van der Waals surface area contributed by atoms with Gasteiger partial charge in [-0.15, -0.1) is 0 Å². The van der Waals surface area contributed by atoms with E-state index >= 15 is 0 Å². The molecular weight excluding hydrogens is 208 g/mol. The smallest absolute Gasteiger partial charge is 0.0346 e. The van der Waals surface area contributed by atoms with Gasteiger partial charge in [0.15, 0.2) is 0 Å². The standard InChI is InChI=1S/C15H20N2/c1-3-5-11(2)15(16)14-7-4-6-12-10-17-9-8-13(12)14/h4,6-11,15H,3,5,16H2,1-2H3. The molecule has 0 aliphatic rings. The molecule has 0 amide bonds. The molecule has 2 unspecified atom stereocenters. The number of aromatic nitrogens is 1. The number of hydrogen-bond donors (Lipinski definition) is 1. The van der Waals surface area contributed by atoms with Crippen molar-refractivity contribution in [1.82, 2.24) is 4.98 Å². The van der Waals surface area contributed by atoms with Gasteiger partial charge in [-0.25, -0.2) is 0 Å². The highest BCUT2D eigenvalue weighted by atomic mass is 14.7. The maximum absolute atomic E-state index is 6.37. The molecule has 0 saturated carbocycles. The van der Waals surface area contributed by atoms with Gasteiger partial charge < -0.3 is 5.73 Å². The number of benzene rings is 1. The molecule has 0 bridgehead atoms. The van der Waals surface area contributed by atoms with Crippen LogP contribution in [0.2, 0.25) is 0 Å². The Morgan fingerprint density at radius 3 is 2.88 bits per heavy atom. The van der Waals surface area contributed by atoms with Crippen molar-refractivity contribution in [2.75, 3.05) is 0 Å². The first-order chi connectivity index (χ1) is 8.24. The number of rotatable bonds is 4. The normalized spacial score (nSPS) is 14.8. The lowest BCUT2D eigenvalue weighted by Crippen LogP contribution is -2.19. The lowest BCUT2D eigenvalue weighted by atomic mass is 9.89. The van der Waals surface area contributed by atoms with Crippen molar-refractivity contribution in [1.29, 1.82) is 0 Å². The highest BCUT2D eigenvalue weighted by molar-refractivity contribution is 5.85. The third kappa shape index (κ3) is 2.47. The van der Waals surface area contributed by atoms with E-state index in [0.29, 0.717) is 5.92 Å². The molecule has 90 valence electrons. The monoisotopic (exact) mass is 228 g/mol. The summed E-state index contributed by atoms with van der Waals surface area (Å²) in [4.78, 5) is 4.15. The summed E-state index contributed by atoms with van der Waals surface area (Å²) in [5, 5.41) is 2.40. The molecule has 1 aromatic carbocycles. The average molecular weight is 228 g/mol. The first kappa shape index (κ1) is 12.1. The molecule has 0 aliphatic heterocycles. The van der Waals surface area contributed by atoms with Crippen LogP contribution in [0.3, 0.4) is 0 Å². The minimum Gasteiger partial charge on any atom is -0.324 e. The second-order valence-corrected chi connectivity index (χ2v) is 4.74. The molecule has 0 saturated heterocycles. The fourth-order valence-electron chi connectivity index (χ4n) is 2.38. The van der Waals surface area contributed by atoms with Gasteiger partial charge in [0.1, 0.15) is 0 Å². The summed E-state index contributed by atoms with van der Waals surface area (Å²) in [6.45, 7) is 4.43. The van der Waals surface area contributed by atoms with Crippen molar-refractivity contribution in [3.05, 3.63) is 42.2 Å². The second kappa shape index (κ2) is 5.28. The molecule has 2 aromatic rings. The predicted octanol–water partition coefficient (Wildman–Crippen LogP) is 3.67. The van der Waals surface area contributed by atoms with Crippen LogP contribution < -0.4 is 5.73 Å². The maximum atomic E-state index is 6.37. The van der Waals surface area contributed by atoms with Crippen LogP contribution in [0.25, 0.3) is 10.8 Å². The molecule has 0 fully saturated rings. The van der Waals surface area contributed by atoms with E-state index in [1.165, 1.54) is 29.2 Å². The van der Waals surface area contributed by atoms with E-state index < -0.39 is 0 Å². The molecule has 2 atom stereocenters. The summed E-state index contributed by atoms with van der Waals surface area (Å²) in [5.41, 5.74) is 7.61. The van der Waals surface area contributed by atoms with E-state index in [-0.39, 0.29) is 6.04 Å². The summed E-state index contributed by atoms with van der Waals surface area (Å²) < 4.78 is 0. The molecule has 2 nitrogen and oxygen atoms in total. The number of fused-ring (bicyclic) bond motifs is 1. The minimum absolute atomic E-state index is 0.112. The zero-order chi connectivity index (χ0) is 12.3. The number of nitrogens with zero attached hydrogens (tertiary/aromatic N) is 1. The Labute approximate surface area is 103 Å². The quantitative estimate of drug-likeness (QED) is 0.867. The zero-order valence-corrected chi connectivity index (χ0v) is 10.6. The first-order valence-electron chi connectivity index (χ1n) is 6.32. The Morgan fingerprint density at radius 1 is 1.29 bits per heavy atom. The van der Waals surface area contributed by atoms with Crippen LogP contribution in [0.5, 0.6) is 0 Å². The van der Waals surface area contributed by atoms with Crippen molar-refractivity contribution < 1.29 is 0 Å². The van der Waals surface area contributed by atoms with Crippen molar-refractivity contribution in [3.63, 3.8) is 0 Å². The minimum atomic E-state index is 0.112. The van der Waals surface area contributed by atoms with E-state index in [9.17, 15) is 0 Å². The lowest BCUT2D eigenvalue weighted by Gasteiger charge is -2.21. The summed E-state index contributed by atoms with van der Waals surface area (Å²) in [5.74, 6) is 0.513. The van der Waals surface area contributed by atoms with Gasteiger partial charge >= 0.3 is 0 Å². The van der Waals surface area contributed by atoms with Gasteiger partial charge in [0, 0.05) is 23.8 Å². The number of pyridine rings is 1. The molecule has 2 heteroatoms. The van der Waals surface area contributed by atoms with Crippen molar-refractivity contribution in [3.8, 4) is 0 Å². The van der Waals surface area contributed by atoms with E-state index in [1.807, 2.05) is 12.4 Å².